The minimum atomic E-state index is -0.987. The average molecular weight is 1870 g/mol. The van der Waals surface area contributed by atoms with Crippen LogP contribution in [0.3, 0.4) is 0 Å². The van der Waals surface area contributed by atoms with Gasteiger partial charge in [0.15, 0.2) is 0 Å². The molecule has 4 aliphatic rings. The molecule has 0 heterocycles. The second-order valence-corrected chi connectivity index (χ2v) is 41.1. The van der Waals surface area contributed by atoms with Crippen LogP contribution >= 0.6 is 0 Å². The van der Waals surface area contributed by atoms with Gasteiger partial charge in [0.25, 0.3) is 0 Å². The molecule has 0 saturated heterocycles. The van der Waals surface area contributed by atoms with E-state index in [4.69, 9.17) is 0 Å². The van der Waals surface area contributed by atoms with E-state index < -0.39 is 5.41 Å². The Hall–Kier alpha value is -19.3. The zero-order valence-corrected chi connectivity index (χ0v) is 80.1. The highest BCUT2D eigenvalue weighted by atomic mass is 16.3. The van der Waals surface area contributed by atoms with Crippen LogP contribution in [0.5, 0.6) is 17.2 Å². The smallest absolute Gasteiger partial charge is 0.116 e. The van der Waals surface area contributed by atoms with Crippen molar-refractivity contribution >= 4 is 176 Å². The van der Waals surface area contributed by atoms with E-state index in [1.165, 1.54) is 163 Å². The third kappa shape index (κ3) is 12.1. The summed E-state index contributed by atoms with van der Waals surface area (Å²) in [6, 6.07) is 173. The van der Waals surface area contributed by atoms with Gasteiger partial charge in [0.1, 0.15) is 17.2 Å². The van der Waals surface area contributed by atoms with E-state index in [2.05, 4.69) is 455 Å². The number of hydrogen-bond acceptors (Lipinski definition) is 3. The number of hydrogen-bond donors (Lipinski definition) is 3. The molecule has 32 rings (SSSR count). The molecular formula is C145H84O3. The van der Waals surface area contributed by atoms with Crippen LogP contribution in [0.4, 0.5) is 0 Å². The summed E-state index contributed by atoms with van der Waals surface area (Å²) < 4.78 is 0. The summed E-state index contributed by atoms with van der Waals surface area (Å²) in [4.78, 5) is 0. The molecule has 0 aliphatic heterocycles. The number of rotatable bonds is 12. The highest BCUT2D eigenvalue weighted by molar-refractivity contribution is 6.30. The van der Waals surface area contributed by atoms with Crippen LogP contribution < -0.4 is 0 Å². The van der Waals surface area contributed by atoms with Crippen LogP contribution in [0, 0.1) is 0 Å². The summed E-state index contributed by atoms with van der Waals surface area (Å²) in [5, 5.41) is 64.2. The molecule has 0 bridgehead atoms. The molecule has 0 unspecified atom stereocenters. The van der Waals surface area contributed by atoms with Crippen LogP contribution in [0.1, 0.15) is 89.0 Å². The quantitative estimate of drug-likeness (QED) is 0.0844. The van der Waals surface area contributed by atoms with Crippen LogP contribution in [-0.2, 0) is 5.41 Å². The summed E-state index contributed by atoms with van der Waals surface area (Å²) in [6.07, 6.45) is 9.51. The summed E-state index contributed by atoms with van der Waals surface area (Å²) in [5.74, 6) is 0.684. The molecule has 3 nitrogen and oxygen atoms in total. The highest BCUT2D eigenvalue weighted by Gasteiger charge is 2.40. The van der Waals surface area contributed by atoms with Gasteiger partial charge in [0.2, 0.25) is 0 Å². The standard InChI is InChI=1S/C145H84O3/c146-110-57-68-123-120-65-46-99(72-127(120)131(134(123)79-110)76-103-30-26-95-22-18-87-8-4-12-91-42-61-114(103)142(95)138(87)91)83-35-51-107(52-36-83)145(106-49-33-82(34-50-106)98-45-64-119-117-15-1-2-16-118(117)130(126(119)71-98)75-102-29-25-94-21-17-86-7-3-11-90-41-60-113(102)141(94)137(86)90,108-53-37-84(38-54-108)100-47-66-121-124-69-58-111(147)80-135(124)132(128(121)73-100)77-104-31-27-96-23-19-88-9-5-13-92-43-62-115(104)143(96)139(88)92)109-55-39-85(40-56-109)101-48-67-122-125-70-59-112(148)81-136(125)133(129(122)74-101)78-105-32-28-97-24-20-89-10-6-14-93-44-63-116(105)144(97)140(89)93/h1-81,146-148H/b130-75+,131-76-,132-77-,133-78-. The lowest BCUT2D eigenvalue weighted by molar-refractivity contribution is 0.474. The van der Waals surface area contributed by atoms with Gasteiger partial charge in [-0.1, -0.05) is 406 Å². The lowest BCUT2D eigenvalue weighted by Gasteiger charge is -2.37. The fourth-order valence-corrected chi connectivity index (χ4v) is 26.7. The van der Waals surface area contributed by atoms with Crippen LogP contribution in [0.15, 0.2) is 467 Å². The Bertz CT molecular complexity index is 10000. The van der Waals surface area contributed by atoms with E-state index in [9.17, 15) is 15.3 Å². The molecule has 0 spiro atoms. The predicted octanol–water partition coefficient (Wildman–Crippen LogP) is 37.7. The van der Waals surface area contributed by atoms with Crippen molar-refractivity contribution in [2.45, 2.75) is 5.41 Å². The first-order valence-electron chi connectivity index (χ1n) is 51.2. The van der Waals surface area contributed by atoms with E-state index in [-0.39, 0.29) is 17.2 Å². The summed E-state index contributed by atoms with van der Waals surface area (Å²) in [5.41, 5.74) is 38.8. The lowest BCUT2D eigenvalue weighted by Crippen LogP contribution is -2.31. The molecule has 0 saturated carbocycles. The minimum Gasteiger partial charge on any atom is -0.508 e. The summed E-state index contributed by atoms with van der Waals surface area (Å²) in [6.45, 7) is 0. The molecule has 3 heteroatoms. The molecule has 148 heavy (non-hydrogen) atoms. The van der Waals surface area contributed by atoms with Gasteiger partial charge in [-0.15, -0.1) is 0 Å². The largest absolute Gasteiger partial charge is 0.508 e. The minimum absolute atomic E-state index is 0.228. The van der Waals surface area contributed by atoms with Crippen LogP contribution in [0.25, 0.3) is 265 Å². The van der Waals surface area contributed by atoms with Crippen molar-refractivity contribution in [2.24, 2.45) is 0 Å². The van der Waals surface area contributed by atoms with Gasteiger partial charge >= 0.3 is 0 Å². The third-order valence-electron chi connectivity index (χ3n) is 33.6. The van der Waals surface area contributed by atoms with Gasteiger partial charge in [-0.25, -0.2) is 0 Å². The Morgan fingerprint density at radius 1 is 0.135 bits per heavy atom. The van der Waals surface area contributed by atoms with Gasteiger partial charge in [-0.2, -0.15) is 0 Å². The molecule has 0 radical (unpaired) electrons. The molecule has 0 fully saturated rings. The number of phenols is 3. The zero-order chi connectivity index (χ0) is 97.1. The van der Waals surface area contributed by atoms with E-state index in [0.717, 1.165) is 167 Å². The normalized spacial score (nSPS) is 14.1. The van der Waals surface area contributed by atoms with Crippen LogP contribution in [0.2, 0.25) is 0 Å². The second-order valence-electron chi connectivity index (χ2n) is 41.1. The first-order valence-corrected chi connectivity index (χ1v) is 51.2. The molecule has 28 aromatic rings. The summed E-state index contributed by atoms with van der Waals surface area (Å²) in [7, 11) is 0. The highest BCUT2D eigenvalue weighted by Crippen LogP contribution is 2.57. The number of aromatic hydroxyl groups is 3. The maximum absolute atomic E-state index is 11.5. The molecule has 682 valence electrons. The van der Waals surface area contributed by atoms with Crippen molar-refractivity contribution in [1.29, 1.82) is 0 Å². The average Bonchev–Trinajstić information content (AvgIpc) is 1.05. The van der Waals surface area contributed by atoms with Gasteiger partial charge in [-0.05, 0) is 415 Å². The Morgan fingerprint density at radius 3 is 0.574 bits per heavy atom. The van der Waals surface area contributed by atoms with Crippen molar-refractivity contribution in [1.82, 2.24) is 0 Å². The summed E-state index contributed by atoms with van der Waals surface area (Å²) >= 11 is 0. The number of phenolic OH excluding ortho intramolecular Hbond substituents is 3. The Balaban J connectivity index is 0.575. The maximum atomic E-state index is 11.5. The first kappa shape index (κ1) is 82.3. The van der Waals surface area contributed by atoms with E-state index in [1.807, 2.05) is 36.4 Å². The lowest BCUT2D eigenvalue weighted by atomic mass is 9.64. The zero-order valence-electron chi connectivity index (χ0n) is 80.1. The second kappa shape index (κ2) is 31.1. The van der Waals surface area contributed by atoms with E-state index in [1.54, 1.807) is 0 Å². The third-order valence-corrected chi connectivity index (χ3v) is 33.6. The molecule has 28 aromatic carbocycles. The molecule has 0 amide bonds. The maximum Gasteiger partial charge on any atom is 0.116 e. The van der Waals surface area contributed by atoms with Crippen LogP contribution in [-0.4, -0.2) is 15.3 Å². The van der Waals surface area contributed by atoms with Gasteiger partial charge in [0, 0.05) is 0 Å². The first-order chi connectivity index (χ1) is 73.0. The van der Waals surface area contributed by atoms with Gasteiger partial charge in [0.05, 0.1) is 5.41 Å². The van der Waals surface area contributed by atoms with Crippen molar-refractivity contribution in [3.63, 3.8) is 0 Å². The van der Waals surface area contributed by atoms with Crippen molar-refractivity contribution in [2.75, 3.05) is 0 Å². The number of benzene rings is 28. The molecule has 0 atom stereocenters. The Morgan fingerprint density at radius 2 is 0.324 bits per heavy atom. The Labute approximate surface area is 852 Å². The fraction of sp³-hybridized carbons (Fsp3) is 0.00690. The van der Waals surface area contributed by atoms with E-state index in [0.29, 0.717) is 0 Å². The predicted molar refractivity (Wildman–Crippen MR) is 622 cm³/mol. The van der Waals surface area contributed by atoms with Crippen molar-refractivity contribution in [3.8, 4) is 106 Å². The van der Waals surface area contributed by atoms with Crippen molar-refractivity contribution < 1.29 is 15.3 Å². The van der Waals surface area contributed by atoms with Gasteiger partial charge < -0.3 is 15.3 Å². The molecule has 3 N–H and O–H groups in total. The number of fused-ring (bicyclic) bond motifs is 12. The molecular weight excluding hydrogens is 1790 g/mol. The van der Waals surface area contributed by atoms with E-state index >= 15 is 0 Å². The SMILES string of the molecule is Oc1ccc2c(c1)/C(=C\c1ccc3ccc4cccc5ccc1c3c45)c1cc(-c3ccc(C(c4ccc(-c5ccc6c(c5)/C(=C/c5ccc7ccc8cccc9ccc5c7c89)c5cc(O)ccc5-6)cc4)(c4ccc(-c5ccc6c(c5)/C(=C/c5ccc7ccc8cccc9ccc5c7c89)c5cc(O)ccc5-6)cc4)c4ccc(-c5ccc6c(c5)/C(=C/c5ccc7ccc8cccc9ccc5c7c89)c5ccccc5-6)cc4)cc3)ccc1-2. The van der Waals surface area contributed by atoms with Crippen molar-refractivity contribution in [3.05, 3.63) is 556 Å². The monoisotopic (exact) mass is 1870 g/mol. The molecule has 0 aromatic heterocycles. The Kier molecular flexibility index (Phi) is 17.3. The van der Waals surface area contributed by atoms with Gasteiger partial charge in [-0.3, -0.25) is 0 Å². The fourth-order valence-electron chi connectivity index (χ4n) is 26.7. The topological polar surface area (TPSA) is 60.7 Å². The molecule has 4 aliphatic carbocycles.